The fourth-order valence-electron chi connectivity index (χ4n) is 2.25. The van der Waals surface area contributed by atoms with E-state index in [0.717, 1.165) is 6.54 Å². The van der Waals surface area contributed by atoms with Gasteiger partial charge in [0.15, 0.2) is 0 Å². The maximum atomic E-state index is 4.09. The number of aromatic nitrogens is 1. The van der Waals surface area contributed by atoms with Crippen LogP contribution in [0.25, 0.3) is 0 Å². The maximum Gasteiger partial charge on any atom is 0.0794 e. The predicted octanol–water partition coefficient (Wildman–Crippen LogP) is 2.11. The van der Waals surface area contributed by atoms with Gasteiger partial charge in [-0.1, -0.05) is 6.92 Å². The molecule has 0 aromatic carbocycles. The van der Waals surface area contributed by atoms with Gasteiger partial charge in [-0.05, 0) is 38.9 Å². The van der Waals surface area contributed by atoms with Crippen molar-refractivity contribution < 1.29 is 0 Å². The van der Waals surface area contributed by atoms with Crippen molar-refractivity contribution in [3.8, 4) is 0 Å². The second kappa shape index (κ2) is 6.33. The Labute approximate surface area is 102 Å². The van der Waals surface area contributed by atoms with Crippen molar-refractivity contribution in [2.24, 2.45) is 0 Å². The molecule has 0 spiro atoms. The third-order valence-electron chi connectivity index (χ3n) is 3.18. The van der Waals surface area contributed by atoms with E-state index in [9.17, 15) is 0 Å². The first kappa shape index (κ1) is 12.0. The summed E-state index contributed by atoms with van der Waals surface area (Å²) in [5.41, 5.74) is 1.90. The minimum Gasteiger partial charge on any atom is -0.309 e. The third kappa shape index (κ3) is 3.54. The maximum absolute atomic E-state index is 4.09. The van der Waals surface area contributed by atoms with Gasteiger partial charge in [0.25, 0.3) is 0 Å². The zero-order chi connectivity index (χ0) is 11.2. The van der Waals surface area contributed by atoms with Gasteiger partial charge >= 0.3 is 0 Å². The van der Waals surface area contributed by atoms with Gasteiger partial charge in [-0.2, -0.15) is 0 Å². The minimum absolute atomic E-state index is 0.704. The van der Waals surface area contributed by atoms with Gasteiger partial charge in [0.2, 0.25) is 0 Å². The Morgan fingerprint density at radius 1 is 1.50 bits per heavy atom. The van der Waals surface area contributed by atoms with Crippen molar-refractivity contribution in [2.45, 2.75) is 38.8 Å². The number of thiazole rings is 1. The molecule has 0 aliphatic carbocycles. The Bertz CT molecular complexity index is 278. The van der Waals surface area contributed by atoms with Crippen LogP contribution in [0.1, 0.15) is 31.1 Å². The Morgan fingerprint density at radius 3 is 2.94 bits per heavy atom. The number of nitrogens with one attached hydrogen (secondary N) is 1. The van der Waals surface area contributed by atoms with E-state index in [1.54, 1.807) is 11.3 Å². The van der Waals surface area contributed by atoms with Crippen LogP contribution in [0.3, 0.4) is 0 Å². The average Bonchev–Trinajstić information content (AvgIpc) is 2.82. The molecule has 2 heterocycles. The first-order valence-corrected chi connectivity index (χ1v) is 7.09. The standard InChI is InChI=1S/C12H21N3S/c1-2-5-15-6-3-11(4-7-15)14-9-12-8-13-10-16-12/h8,10-11,14H,2-7,9H2,1H3. The predicted molar refractivity (Wildman–Crippen MR) is 68.7 cm³/mol. The highest BCUT2D eigenvalue weighted by Crippen LogP contribution is 2.12. The molecule has 0 atom stereocenters. The van der Waals surface area contributed by atoms with Crippen LogP contribution in [0, 0.1) is 0 Å². The molecule has 0 unspecified atom stereocenters. The molecule has 1 fully saturated rings. The summed E-state index contributed by atoms with van der Waals surface area (Å²) in [6.07, 6.45) is 5.82. The SMILES string of the molecule is CCCN1CCC(NCc2cncs2)CC1. The zero-order valence-corrected chi connectivity index (χ0v) is 10.8. The van der Waals surface area contributed by atoms with Gasteiger partial charge in [0.1, 0.15) is 0 Å². The summed E-state index contributed by atoms with van der Waals surface area (Å²) in [5, 5.41) is 3.63. The molecule has 90 valence electrons. The number of rotatable bonds is 5. The highest BCUT2D eigenvalue weighted by molar-refractivity contribution is 7.09. The molecule has 0 amide bonds. The van der Waals surface area contributed by atoms with E-state index >= 15 is 0 Å². The quantitative estimate of drug-likeness (QED) is 0.853. The Kier molecular flexibility index (Phi) is 4.75. The normalized spacial score (nSPS) is 19.1. The largest absolute Gasteiger partial charge is 0.309 e. The first-order chi connectivity index (χ1) is 7.88. The van der Waals surface area contributed by atoms with Crippen molar-refractivity contribution in [1.82, 2.24) is 15.2 Å². The van der Waals surface area contributed by atoms with Gasteiger partial charge < -0.3 is 10.2 Å². The number of hydrogen-bond donors (Lipinski definition) is 1. The third-order valence-corrected chi connectivity index (χ3v) is 3.96. The molecule has 1 saturated heterocycles. The Balaban J connectivity index is 1.65. The Hall–Kier alpha value is -0.450. The fourth-order valence-corrected chi connectivity index (χ4v) is 2.80. The number of hydrogen-bond acceptors (Lipinski definition) is 4. The number of nitrogens with zero attached hydrogens (tertiary/aromatic N) is 2. The summed E-state index contributed by atoms with van der Waals surface area (Å²) < 4.78 is 0. The van der Waals surface area contributed by atoms with Crippen LogP contribution in [0.4, 0.5) is 0 Å². The molecule has 1 aliphatic rings. The van der Waals surface area contributed by atoms with Crippen molar-refractivity contribution in [2.75, 3.05) is 19.6 Å². The van der Waals surface area contributed by atoms with Gasteiger partial charge in [-0.25, -0.2) is 0 Å². The van der Waals surface area contributed by atoms with Crippen LogP contribution in [0.5, 0.6) is 0 Å². The lowest BCUT2D eigenvalue weighted by atomic mass is 10.0. The lowest BCUT2D eigenvalue weighted by Gasteiger charge is -2.32. The smallest absolute Gasteiger partial charge is 0.0794 e. The molecule has 16 heavy (non-hydrogen) atoms. The van der Waals surface area contributed by atoms with E-state index in [2.05, 4.69) is 22.1 Å². The highest BCUT2D eigenvalue weighted by atomic mass is 32.1. The van der Waals surface area contributed by atoms with Crippen LogP contribution < -0.4 is 5.32 Å². The monoisotopic (exact) mass is 239 g/mol. The summed E-state index contributed by atoms with van der Waals surface area (Å²) in [5.74, 6) is 0. The second-order valence-electron chi connectivity index (χ2n) is 4.46. The van der Waals surface area contributed by atoms with E-state index in [1.165, 1.54) is 43.8 Å². The van der Waals surface area contributed by atoms with Crippen molar-refractivity contribution in [3.05, 3.63) is 16.6 Å². The summed E-state index contributed by atoms with van der Waals surface area (Å²) in [6, 6.07) is 0.704. The first-order valence-electron chi connectivity index (χ1n) is 6.21. The lowest BCUT2D eigenvalue weighted by Crippen LogP contribution is -2.42. The average molecular weight is 239 g/mol. The molecule has 4 heteroatoms. The molecule has 1 aromatic heterocycles. The molecule has 1 aliphatic heterocycles. The molecule has 1 aromatic rings. The van der Waals surface area contributed by atoms with Crippen LogP contribution in [0.2, 0.25) is 0 Å². The van der Waals surface area contributed by atoms with E-state index < -0.39 is 0 Å². The van der Waals surface area contributed by atoms with Crippen molar-refractivity contribution in [3.63, 3.8) is 0 Å². The highest BCUT2D eigenvalue weighted by Gasteiger charge is 2.17. The Morgan fingerprint density at radius 2 is 2.31 bits per heavy atom. The molecule has 0 bridgehead atoms. The zero-order valence-electron chi connectivity index (χ0n) is 9.98. The van der Waals surface area contributed by atoms with Crippen LogP contribution >= 0.6 is 11.3 Å². The van der Waals surface area contributed by atoms with Gasteiger partial charge in [0.05, 0.1) is 5.51 Å². The minimum atomic E-state index is 0.704. The van der Waals surface area contributed by atoms with E-state index in [-0.39, 0.29) is 0 Å². The lowest BCUT2D eigenvalue weighted by molar-refractivity contribution is 0.197. The van der Waals surface area contributed by atoms with Gasteiger partial charge in [-0.3, -0.25) is 4.98 Å². The topological polar surface area (TPSA) is 28.2 Å². The van der Waals surface area contributed by atoms with E-state index in [1.807, 2.05) is 11.7 Å². The summed E-state index contributed by atoms with van der Waals surface area (Å²) in [7, 11) is 0. The molecule has 2 rings (SSSR count). The van der Waals surface area contributed by atoms with Crippen LogP contribution in [-0.2, 0) is 6.54 Å². The van der Waals surface area contributed by atoms with Crippen LogP contribution in [-0.4, -0.2) is 35.6 Å². The molecule has 0 radical (unpaired) electrons. The summed E-state index contributed by atoms with van der Waals surface area (Å²) in [4.78, 5) is 8.01. The summed E-state index contributed by atoms with van der Waals surface area (Å²) in [6.45, 7) is 7.03. The second-order valence-corrected chi connectivity index (χ2v) is 5.44. The van der Waals surface area contributed by atoms with E-state index in [4.69, 9.17) is 0 Å². The molecule has 1 N–H and O–H groups in total. The van der Waals surface area contributed by atoms with Crippen molar-refractivity contribution >= 4 is 11.3 Å². The molecule has 3 nitrogen and oxygen atoms in total. The number of likely N-dealkylation sites (tertiary alicyclic amines) is 1. The summed E-state index contributed by atoms with van der Waals surface area (Å²) >= 11 is 1.74. The molecular weight excluding hydrogens is 218 g/mol. The number of piperidine rings is 1. The van der Waals surface area contributed by atoms with Gasteiger partial charge in [-0.15, -0.1) is 11.3 Å². The van der Waals surface area contributed by atoms with Crippen molar-refractivity contribution in [1.29, 1.82) is 0 Å². The van der Waals surface area contributed by atoms with Crippen LogP contribution in [0.15, 0.2) is 11.7 Å². The molecule has 0 saturated carbocycles. The molecular formula is C12H21N3S. The van der Waals surface area contributed by atoms with E-state index in [0.29, 0.717) is 6.04 Å². The van der Waals surface area contributed by atoms with Gasteiger partial charge in [0, 0.05) is 23.7 Å². The fraction of sp³-hybridized carbons (Fsp3) is 0.750.